The van der Waals surface area contributed by atoms with Crippen LogP contribution in [0.25, 0.3) is 0 Å². The normalized spacial score (nSPS) is 19.3. The first-order chi connectivity index (χ1) is 20.0. The van der Waals surface area contributed by atoms with Gasteiger partial charge in [0.1, 0.15) is 5.60 Å². The number of fused-ring (bicyclic) bond motifs is 1. The van der Waals surface area contributed by atoms with Crippen molar-refractivity contribution in [2.45, 2.75) is 121 Å². The molecule has 0 aromatic rings. The number of amides is 6. The number of unbranched alkanes of at least 4 members (excludes halogenated alkanes) is 6. The minimum absolute atomic E-state index is 0.0588. The van der Waals surface area contributed by atoms with Crippen LogP contribution < -0.4 is 31.9 Å². The Bertz CT molecular complexity index is 883. The molecule has 0 bridgehead atoms. The highest BCUT2D eigenvalue weighted by Crippen LogP contribution is 2.33. The number of carbonyl (C=O) groups excluding carboxylic acids is 5. The molecule has 3 unspecified atom stereocenters. The van der Waals surface area contributed by atoms with Gasteiger partial charge in [-0.25, -0.2) is 9.59 Å². The zero-order valence-electron chi connectivity index (χ0n) is 25.6. The number of hydrogen-bond donors (Lipinski definition) is 6. The summed E-state index contributed by atoms with van der Waals surface area (Å²) in [5.41, 5.74) is -0.600. The molecule has 6 N–H and O–H groups in total. The van der Waals surface area contributed by atoms with Crippen LogP contribution in [0.2, 0.25) is 0 Å². The van der Waals surface area contributed by atoms with Crippen molar-refractivity contribution < 1.29 is 28.7 Å². The maximum atomic E-state index is 12.1. The molecule has 0 spiro atoms. The van der Waals surface area contributed by atoms with Crippen LogP contribution in [0.15, 0.2) is 0 Å². The fourth-order valence-corrected chi connectivity index (χ4v) is 6.40. The average molecular weight is 613 g/mol. The molecule has 0 aromatic heterocycles. The van der Waals surface area contributed by atoms with E-state index in [1.807, 2.05) is 11.8 Å². The van der Waals surface area contributed by atoms with Crippen LogP contribution in [0.5, 0.6) is 0 Å². The summed E-state index contributed by atoms with van der Waals surface area (Å²) in [6.07, 6.45) is 9.45. The summed E-state index contributed by atoms with van der Waals surface area (Å²) in [7, 11) is 0. The molecular weight excluding hydrogens is 560 g/mol. The first-order valence-electron chi connectivity index (χ1n) is 15.5. The summed E-state index contributed by atoms with van der Waals surface area (Å²) < 4.78 is 5.08. The molecule has 6 amide bonds. The van der Waals surface area contributed by atoms with E-state index in [1.165, 1.54) is 0 Å². The number of carbonyl (C=O) groups is 5. The Hall–Kier alpha value is -2.70. The lowest BCUT2D eigenvalue weighted by Gasteiger charge is -2.19. The standard InChI is InChI=1S/C29H52N6O6S/c1-29(2,3)41-28(40)33-19-25(38)32-18-11-5-4-10-16-30-23(36)14-7-6-12-17-31-24(37)15-9-8-13-22-26-21(20-42-22)34-27(39)35-26/h21-22,26H,4-20H2,1-3H3,(H,30,36)(H,31,37)(H,32,38)(H,33,40)(H2,34,35,39). The van der Waals surface area contributed by atoms with Gasteiger partial charge in [0, 0.05) is 43.5 Å². The molecule has 12 nitrogen and oxygen atoms in total. The Kier molecular flexibility index (Phi) is 16.5. The minimum Gasteiger partial charge on any atom is -0.444 e. The van der Waals surface area contributed by atoms with Gasteiger partial charge in [0.05, 0.1) is 18.6 Å². The van der Waals surface area contributed by atoms with Gasteiger partial charge in [0.15, 0.2) is 0 Å². The molecule has 0 aliphatic carbocycles. The molecule has 13 heteroatoms. The number of urea groups is 1. The van der Waals surface area contributed by atoms with Gasteiger partial charge in [-0.1, -0.05) is 25.7 Å². The van der Waals surface area contributed by atoms with Crippen LogP contribution in [0.3, 0.4) is 0 Å². The van der Waals surface area contributed by atoms with Gasteiger partial charge in [-0.15, -0.1) is 0 Å². The average Bonchev–Trinajstić information content (AvgIpc) is 3.47. The summed E-state index contributed by atoms with van der Waals surface area (Å²) in [6.45, 7) is 7.00. The van der Waals surface area contributed by atoms with E-state index in [1.54, 1.807) is 20.8 Å². The van der Waals surface area contributed by atoms with Crippen LogP contribution >= 0.6 is 11.8 Å². The van der Waals surface area contributed by atoms with Crippen LogP contribution in [-0.2, 0) is 19.1 Å². The number of hydrogen-bond acceptors (Lipinski definition) is 7. The molecule has 3 atom stereocenters. The minimum atomic E-state index is -0.612. The lowest BCUT2D eigenvalue weighted by atomic mass is 10.0. The third-order valence-electron chi connectivity index (χ3n) is 7.02. The highest BCUT2D eigenvalue weighted by atomic mass is 32.2. The molecule has 2 fully saturated rings. The highest BCUT2D eigenvalue weighted by molar-refractivity contribution is 8.00. The first-order valence-corrected chi connectivity index (χ1v) is 16.5. The van der Waals surface area contributed by atoms with Crippen molar-refractivity contribution in [3.63, 3.8) is 0 Å². The van der Waals surface area contributed by atoms with Crippen molar-refractivity contribution in [1.29, 1.82) is 0 Å². The highest BCUT2D eigenvalue weighted by Gasteiger charge is 2.42. The maximum absolute atomic E-state index is 12.1. The quantitative estimate of drug-likeness (QED) is 0.0908. The number of thioether (sulfide) groups is 1. The van der Waals surface area contributed by atoms with E-state index in [0.717, 1.165) is 70.0 Å². The van der Waals surface area contributed by atoms with E-state index in [4.69, 9.17) is 4.74 Å². The fourth-order valence-electron chi connectivity index (χ4n) is 4.85. The van der Waals surface area contributed by atoms with E-state index < -0.39 is 11.7 Å². The number of rotatable bonds is 20. The molecule has 0 saturated carbocycles. The summed E-state index contributed by atoms with van der Waals surface area (Å²) >= 11 is 1.90. The molecule has 2 aliphatic heterocycles. The Morgan fingerprint density at radius 2 is 1.31 bits per heavy atom. The maximum Gasteiger partial charge on any atom is 0.408 e. The fraction of sp³-hybridized carbons (Fsp3) is 0.828. The first kappa shape index (κ1) is 35.5. The van der Waals surface area contributed by atoms with Crippen LogP contribution in [0.4, 0.5) is 9.59 Å². The van der Waals surface area contributed by atoms with Crippen LogP contribution in [-0.4, -0.2) is 84.7 Å². The van der Waals surface area contributed by atoms with E-state index in [0.29, 0.717) is 37.7 Å². The summed E-state index contributed by atoms with van der Waals surface area (Å²) in [5, 5.41) is 17.5. The van der Waals surface area contributed by atoms with Crippen molar-refractivity contribution in [2.24, 2.45) is 0 Å². The Morgan fingerprint density at radius 1 is 0.762 bits per heavy atom. The Morgan fingerprint density at radius 3 is 1.90 bits per heavy atom. The summed E-state index contributed by atoms with van der Waals surface area (Å²) in [5.74, 6) is 0.848. The van der Waals surface area contributed by atoms with E-state index in [-0.39, 0.29) is 42.4 Å². The molecular formula is C29H52N6O6S. The van der Waals surface area contributed by atoms with Gasteiger partial charge in [-0.2, -0.15) is 11.8 Å². The summed E-state index contributed by atoms with van der Waals surface area (Å²) in [6, 6.07) is 0.406. The van der Waals surface area contributed by atoms with Gasteiger partial charge in [-0.3, -0.25) is 14.4 Å². The Labute approximate surface area is 254 Å². The van der Waals surface area contributed by atoms with Gasteiger partial charge >= 0.3 is 12.1 Å². The smallest absolute Gasteiger partial charge is 0.408 e. The zero-order chi connectivity index (χ0) is 30.8. The monoisotopic (exact) mass is 612 g/mol. The lowest BCUT2D eigenvalue weighted by Crippen LogP contribution is -2.39. The summed E-state index contributed by atoms with van der Waals surface area (Å²) in [4.78, 5) is 58.8. The van der Waals surface area contributed by atoms with Crippen LogP contribution in [0.1, 0.15) is 97.8 Å². The van der Waals surface area contributed by atoms with Gasteiger partial charge in [0.2, 0.25) is 17.7 Å². The van der Waals surface area contributed by atoms with Crippen molar-refractivity contribution in [1.82, 2.24) is 31.9 Å². The molecule has 240 valence electrons. The SMILES string of the molecule is CC(C)(C)OC(=O)NCC(=O)NCCCCCCNC(=O)CCCCCNC(=O)CCCCC1SCC2NC(=O)NC21. The lowest BCUT2D eigenvalue weighted by molar-refractivity contribution is -0.122. The second kappa shape index (κ2) is 19.5. The predicted octanol–water partition coefficient (Wildman–Crippen LogP) is 2.71. The van der Waals surface area contributed by atoms with E-state index in [2.05, 4.69) is 31.9 Å². The topological polar surface area (TPSA) is 167 Å². The van der Waals surface area contributed by atoms with Gasteiger partial charge in [0.25, 0.3) is 0 Å². The van der Waals surface area contributed by atoms with E-state index >= 15 is 0 Å². The zero-order valence-corrected chi connectivity index (χ0v) is 26.4. The van der Waals surface area contributed by atoms with Gasteiger partial charge < -0.3 is 36.6 Å². The second-order valence-corrected chi connectivity index (χ2v) is 13.3. The molecule has 2 rings (SSSR count). The molecule has 2 heterocycles. The van der Waals surface area contributed by atoms with Crippen LogP contribution in [0, 0.1) is 0 Å². The van der Waals surface area contributed by atoms with Crippen molar-refractivity contribution in [3.05, 3.63) is 0 Å². The third kappa shape index (κ3) is 16.1. The number of ether oxygens (including phenoxy) is 1. The largest absolute Gasteiger partial charge is 0.444 e. The number of nitrogens with one attached hydrogen (secondary N) is 6. The second-order valence-electron chi connectivity index (χ2n) is 12.0. The van der Waals surface area contributed by atoms with Crippen molar-refractivity contribution in [2.75, 3.05) is 31.9 Å². The van der Waals surface area contributed by atoms with Crippen molar-refractivity contribution in [3.8, 4) is 0 Å². The van der Waals surface area contributed by atoms with Gasteiger partial charge in [-0.05, 0) is 59.3 Å². The molecule has 42 heavy (non-hydrogen) atoms. The molecule has 2 aliphatic rings. The number of alkyl carbamates (subject to hydrolysis) is 1. The predicted molar refractivity (Wildman–Crippen MR) is 164 cm³/mol. The third-order valence-corrected chi connectivity index (χ3v) is 8.53. The molecule has 0 radical (unpaired) electrons. The molecule has 2 saturated heterocycles. The molecule has 0 aromatic carbocycles. The Balaban J connectivity index is 1.31. The van der Waals surface area contributed by atoms with Crippen molar-refractivity contribution >= 4 is 41.6 Å². The van der Waals surface area contributed by atoms with E-state index in [9.17, 15) is 24.0 Å².